The van der Waals surface area contributed by atoms with Gasteiger partial charge >= 0.3 is 0 Å². The molecule has 1 aromatic rings. The summed E-state index contributed by atoms with van der Waals surface area (Å²) >= 11 is 0. The highest BCUT2D eigenvalue weighted by atomic mass is 15.2. The van der Waals surface area contributed by atoms with E-state index >= 15 is 0 Å². The molecule has 0 atom stereocenters. The highest BCUT2D eigenvalue weighted by Gasteiger charge is 2.12. The fraction of sp³-hybridized carbons (Fsp3) is 0.538. The molecule has 0 aromatic carbocycles. The second-order valence-electron chi connectivity index (χ2n) is 4.60. The lowest BCUT2D eigenvalue weighted by atomic mass is 10.2. The van der Waals surface area contributed by atoms with Gasteiger partial charge < -0.3 is 10.2 Å². The van der Waals surface area contributed by atoms with Gasteiger partial charge in [0.05, 0.1) is 17.4 Å². The Hall–Kier alpha value is -1.64. The zero-order chi connectivity index (χ0) is 12.8. The molecule has 1 N–H and O–H groups in total. The van der Waals surface area contributed by atoms with Crippen LogP contribution in [0.15, 0.2) is 18.5 Å². The SMILES string of the molecule is CN1CCN(CCNc2cnccc2C#N)CC1. The number of rotatable bonds is 4. The third kappa shape index (κ3) is 3.42. The number of likely N-dealkylation sites (N-methyl/N-ethyl adjacent to an activating group) is 1. The molecule has 0 radical (unpaired) electrons. The van der Waals surface area contributed by atoms with Crippen molar-refractivity contribution < 1.29 is 0 Å². The first kappa shape index (κ1) is 12.8. The van der Waals surface area contributed by atoms with E-state index in [0.29, 0.717) is 5.56 Å². The molecule has 96 valence electrons. The number of pyridine rings is 1. The summed E-state index contributed by atoms with van der Waals surface area (Å²) in [5, 5.41) is 12.2. The largest absolute Gasteiger partial charge is 0.381 e. The van der Waals surface area contributed by atoms with E-state index in [-0.39, 0.29) is 0 Å². The molecule has 0 unspecified atom stereocenters. The maximum absolute atomic E-state index is 8.96. The smallest absolute Gasteiger partial charge is 0.101 e. The van der Waals surface area contributed by atoms with Crippen LogP contribution < -0.4 is 5.32 Å². The molecular weight excluding hydrogens is 226 g/mol. The van der Waals surface area contributed by atoms with Gasteiger partial charge in [-0.25, -0.2) is 0 Å². The minimum atomic E-state index is 0.656. The lowest BCUT2D eigenvalue weighted by molar-refractivity contribution is 0.158. The van der Waals surface area contributed by atoms with Crippen LogP contribution in [-0.2, 0) is 0 Å². The summed E-state index contributed by atoms with van der Waals surface area (Å²) in [6.07, 6.45) is 3.35. The van der Waals surface area contributed by atoms with Crippen molar-refractivity contribution in [3.63, 3.8) is 0 Å². The molecule has 1 aromatic heterocycles. The Balaban J connectivity index is 1.77. The van der Waals surface area contributed by atoms with Gasteiger partial charge in [-0.15, -0.1) is 0 Å². The molecule has 0 aliphatic carbocycles. The molecule has 0 bridgehead atoms. The standard InChI is InChI=1S/C13H19N5/c1-17-6-8-18(9-7-17)5-4-16-13-11-15-3-2-12(13)10-14/h2-3,11,16H,4-9H2,1H3. The first-order valence-electron chi connectivity index (χ1n) is 6.28. The Labute approximate surface area is 108 Å². The van der Waals surface area contributed by atoms with Crippen LogP contribution in [0.5, 0.6) is 0 Å². The van der Waals surface area contributed by atoms with Crippen LogP contribution >= 0.6 is 0 Å². The Kier molecular flexibility index (Phi) is 4.51. The molecule has 0 spiro atoms. The average Bonchev–Trinajstić information content (AvgIpc) is 2.41. The summed E-state index contributed by atoms with van der Waals surface area (Å²) in [4.78, 5) is 8.82. The molecule has 1 aliphatic heterocycles. The summed E-state index contributed by atoms with van der Waals surface area (Å²) in [6.45, 7) is 6.37. The quantitative estimate of drug-likeness (QED) is 0.842. The molecule has 18 heavy (non-hydrogen) atoms. The van der Waals surface area contributed by atoms with E-state index in [1.165, 1.54) is 0 Å². The van der Waals surface area contributed by atoms with Gasteiger partial charge in [0.15, 0.2) is 0 Å². The van der Waals surface area contributed by atoms with Gasteiger partial charge in [0.25, 0.3) is 0 Å². The maximum atomic E-state index is 8.96. The van der Waals surface area contributed by atoms with E-state index < -0.39 is 0 Å². The molecule has 2 rings (SSSR count). The molecule has 1 fully saturated rings. The predicted octanol–water partition coefficient (Wildman–Crippen LogP) is 0.613. The zero-order valence-corrected chi connectivity index (χ0v) is 10.8. The van der Waals surface area contributed by atoms with Crippen molar-refractivity contribution in [2.75, 3.05) is 51.6 Å². The van der Waals surface area contributed by atoms with Crippen molar-refractivity contribution in [3.05, 3.63) is 24.0 Å². The van der Waals surface area contributed by atoms with Gasteiger partial charge in [0, 0.05) is 45.5 Å². The normalized spacial score (nSPS) is 17.3. The maximum Gasteiger partial charge on any atom is 0.101 e. The Morgan fingerprint density at radius 1 is 1.39 bits per heavy atom. The molecule has 5 heteroatoms. The van der Waals surface area contributed by atoms with E-state index in [4.69, 9.17) is 5.26 Å². The lowest BCUT2D eigenvalue weighted by Crippen LogP contribution is -2.45. The lowest BCUT2D eigenvalue weighted by Gasteiger charge is -2.32. The fourth-order valence-corrected chi connectivity index (χ4v) is 2.05. The third-order valence-corrected chi connectivity index (χ3v) is 3.28. The van der Waals surface area contributed by atoms with Crippen LogP contribution in [0.25, 0.3) is 0 Å². The minimum Gasteiger partial charge on any atom is -0.381 e. The van der Waals surface area contributed by atoms with Gasteiger partial charge in [-0.3, -0.25) is 9.88 Å². The van der Waals surface area contributed by atoms with Crippen molar-refractivity contribution in [3.8, 4) is 6.07 Å². The molecule has 0 amide bonds. The van der Waals surface area contributed by atoms with Crippen LogP contribution in [0.1, 0.15) is 5.56 Å². The summed E-state index contributed by atoms with van der Waals surface area (Å²) < 4.78 is 0. The van der Waals surface area contributed by atoms with Crippen LogP contribution in [0.2, 0.25) is 0 Å². The van der Waals surface area contributed by atoms with Crippen molar-refractivity contribution in [2.24, 2.45) is 0 Å². The number of nitrogens with zero attached hydrogens (tertiary/aromatic N) is 4. The second-order valence-corrected chi connectivity index (χ2v) is 4.60. The van der Waals surface area contributed by atoms with Gasteiger partial charge in [0.1, 0.15) is 6.07 Å². The number of aromatic nitrogens is 1. The van der Waals surface area contributed by atoms with E-state index in [9.17, 15) is 0 Å². The number of anilines is 1. The number of piperazine rings is 1. The number of hydrogen-bond donors (Lipinski definition) is 1. The topological polar surface area (TPSA) is 55.2 Å². The second kappa shape index (κ2) is 6.34. The molecule has 5 nitrogen and oxygen atoms in total. The van der Waals surface area contributed by atoms with Crippen LogP contribution in [-0.4, -0.2) is 61.1 Å². The number of hydrogen-bond acceptors (Lipinski definition) is 5. The van der Waals surface area contributed by atoms with Crippen molar-refractivity contribution in [1.82, 2.24) is 14.8 Å². The van der Waals surface area contributed by atoms with Crippen LogP contribution in [0.3, 0.4) is 0 Å². The van der Waals surface area contributed by atoms with Gasteiger partial charge in [0.2, 0.25) is 0 Å². The van der Waals surface area contributed by atoms with Crippen molar-refractivity contribution in [2.45, 2.75) is 0 Å². The molecular formula is C13H19N5. The molecule has 1 saturated heterocycles. The van der Waals surface area contributed by atoms with E-state index in [1.54, 1.807) is 18.5 Å². The molecule has 0 saturated carbocycles. The van der Waals surface area contributed by atoms with Gasteiger partial charge in [-0.2, -0.15) is 5.26 Å². The van der Waals surface area contributed by atoms with E-state index in [1.807, 2.05) is 0 Å². The zero-order valence-electron chi connectivity index (χ0n) is 10.8. The summed E-state index contributed by atoms with van der Waals surface area (Å²) in [5.74, 6) is 0. The number of nitriles is 1. The Morgan fingerprint density at radius 2 is 2.17 bits per heavy atom. The highest BCUT2D eigenvalue weighted by Crippen LogP contribution is 2.11. The minimum absolute atomic E-state index is 0.656. The Bertz CT molecular complexity index is 418. The highest BCUT2D eigenvalue weighted by molar-refractivity contribution is 5.55. The van der Waals surface area contributed by atoms with E-state index in [2.05, 4.69) is 33.2 Å². The Morgan fingerprint density at radius 3 is 2.89 bits per heavy atom. The third-order valence-electron chi connectivity index (χ3n) is 3.28. The summed E-state index contributed by atoms with van der Waals surface area (Å²) in [5.41, 5.74) is 1.48. The molecule has 1 aliphatic rings. The first-order valence-corrected chi connectivity index (χ1v) is 6.28. The predicted molar refractivity (Wildman–Crippen MR) is 71.4 cm³/mol. The van der Waals surface area contributed by atoms with Gasteiger partial charge in [-0.1, -0.05) is 0 Å². The fourth-order valence-electron chi connectivity index (χ4n) is 2.05. The summed E-state index contributed by atoms with van der Waals surface area (Å²) in [7, 11) is 2.16. The van der Waals surface area contributed by atoms with Crippen molar-refractivity contribution in [1.29, 1.82) is 5.26 Å². The van der Waals surface area contributed by atoms with Gasteiger partial charge in [-0.05, 0) is 13.1 Å². The average molecular weight is 245 g/mol. The first-order chi connectivity index (χ1) is 8.79. The van der Waals surface area contributed by atoms with Crippen molar-refractivity contribution >= 4 is 5.69 Å². The number of nitrogens with one attached hydrogen (secondary N) is 1. The van der Waals surface area contributed by atoms with Crippen LogP contribution in [0.4, 0.5) is 5.69 Å². The van der Waals surface area contributed by atoms with Crippen LogP contribution in [0, 0.1) is 11.3 Å². The molecule has 2 heterocycles. The monoisotopic (exact) mass is 245 g/mol. The summed E-state index contributed by atoms with van der Waals surface area (Å²) in [6, 6.07) is 3.90. The van der Waals surface area contributed by atoms with E-state index in [0.717, 1.165) is 45.0 Å².